The molecule has 0 spiro atoms. The van der Waals surface area contributed by atoms with Crippen LogP contribution >= 0.6 is 0 Å². The first-order valence-corrected chi connectivity index (χ1v) is 6.30. The van der Waals surface area contributed by atoms with Gasteiger partial charge in [0.05, 0.1) is 12.2 Å². The normalized spacial score (nSPS) is 9.52. The maximum Gasteiger partial charge on any atom is 0.325 e. The van der Waals surface area contributed by atoms with Crippen LogP contribution in [-0.4, -0.2) is 48.7 Å². The Labute approximate surface area is 122 Å². The number of benzene rings is 1. The molecule has 0 saturated carbocycles. The summed E-state index contributed by atoms with van der Waals surface area (Å²) in [6.45, 7) is 1.29. The smallest absolute Gasteiger partial charge is 0.325 e. The number of aliphatic hydroxyl groups is 1. The van der Waals surface area contributed by atoms with Crippen molar-refractivity contribution in [2.45, 2.75) is 6.92 Å². The zero-order valence-corrected chi connectivity index (χ0v) is 11.9. The maximum atomic E-state index is 13.9. The summed E-state index contributed by atoms with van der Waals surface area (Å²) in [4.78, 5) is 24.4. The highest BCUT2D eigenvalue weighted by atomic mass is 19.1. The molecule has 0 aliphatic heterocycles. The fourth-order valence-electron chi connectivity index (χ4n) is 1.59. The fraction of sp³-hybridized carbons (Fsp3) is 0.333. The SMILES string of the molecule is CCOC(=O)CN(C)C(=O)c1ccc(C#CCO)cc1F. The van der Waals surface area contributed by atoms with Crippen molar-refractivity contribution in [3.05, 3.63) is 35.1 Å². The second-order valence-electron chi connectivity index (χ2n) is 4.12. The highest BCUT2D eigenvalue weighted by Crippen LogP contribution is 2.12. The highest BCUT2D eigenvalue weighted by Gasteiger charge is 2.18. The van der Waals surface area contributed by atoms with Crippen molar-refractivity contribution in [1.29, 1.82) is 0 Å². The molecule has 1 amide bonds. The quantitative estimate of drug-likeness (QED) is 0.659. The number of nitrogens with zero attached hydrogens (tertiary/aromatic N) is 1. The molecular weight excluding hydrogens is 277 g/mol. The third-order valence-electron chi connectivity index (χ3n) is 2.53. The van der Waals surface area contributed by atoms with E-state index in [-0.39, 0.29) is 25.3 Å². The van der Waals surface area contributed by atoms with Gasteiger partial charge in [0.1, 0.15) is 19.0 Å². The molecule has 1 rings (SSSR count). The Morgan fingerprint density at radius 2 is 2.14 bits per heavy atom. The summed E-state index contributed by atoms with van der Waals surface area (Å²) in [5.41, 5.74) is 0.197. The van der Waals surface area contributed by atoms with Crippen molar-refractivity contribution in [3.8, 4) is 11.8 Å². The van der Waals surface area contributed by atoms with E-state index < -0.39 is 17.7 Å². The van der Waals surface area contributed by atoms with Crippen LogP contribution in [0.1, 0.15) is 22.8 Å². The Kier molecular flexibility index (Phi) is 6.37. The number of halogens is 1. The van der Waals surface area contributed by atoms with Crippen molar-refractivity contribution in [1.82, 2.24) is 4.90 Å². The molecule has 0 aliphatic rings. The summed E-state index contributed by atoms with van der Waals surface area (Å²) in [5, 5.41) is 8.57. The zero-order valence-electron chi connectivity index (χ0n) is 11.9. The van der Waals surface area contributed by atoms with E-state index in [1.165, 1.54) is 19.2 Å². The van der Waals surface area contributed by atoms with Gasteiger partial charge in [-0.25, -0.2) is 4.39 Å². The van der Waals surface area contributed by atoms with E-state index in [9.17, 15) is 14.0 Å². The fourth-order valence-corrected chi connectivity index (χ4v) is 1.59. The van der Waals surface area contributed by atoms with Crippen molar-refractivity contribution < 1.29 is 23.8 Å². The molecule has 1 N–H and O–H groups in total. The van der Waals surface area contributed by atoms with Gasteiger partial charge in [-0.15, -0.1) is 0 Å². The first-order chi connectivity index (χ1) is 9.99. The number of carbonyl (C=O) groups is 2. The summed E-state index contributed by atoms with van der Waals surface area (Å²) >= 11 is 0. The zero-order chi connectivity index (χ0) is 15.8. The molecule has 0 heterocycles. The van der Waals surface area contributed by atoms with Crippen LogP contribution in [0.2, 0.25) is 0 Å². The number of hydrogen-bond acceptors (Lipinski definition) is 4. The molecule has 6 heteroatoms. The van der Waals surface area contributed by atoms with E-state index in [4.69, 9.17) is 9.84 Å². The van der Waals surface area contributed by atoms with Crippen LogP contribution in [0.5, 0.6) is 0 Å². The van der Waals surface area contributed by atoms with E-state index in [2.05, 4.69) is 11.8 Å². The average Bonchev–Trinajstić information content (AvgIpc) is 2.44. The van der Waals surface area contributed by atoms with Gasteiger partial charge in [0.15, 0.2) is 0 Å². The largest absolute Gasteiger partial charge is 0.465 e. The Morgan fingerprint density at radius 1 is 1.43 bits per heavy atom. The Morgan fingerprint density at radius 3 is 2.71 bits per heavy atom. The van der Waals surface area contributed by atoms with Gasteiger partial charge < -0.3 is 14.7 Å². The molecule has 1 aromatic carbocycles. The van der Waals surface area contributed by atoms with Crippen LogP contribution in [0.25, 0.3) is 0 Å². The lowest BCUT2D eigenvalue weighted by Crippen LogP contribution is -2.33. The topological polar surface area (TPSA) is 66.8 Å². The molecule has 21 heavy (non-hydrogen) atoms. The second-order valence-corrected chi connectivity index (χ2v) is 4.12. The summed E-state index contributed by atoms with van der Waals surface area (Å²) < 4.78 is 18.6. The summed E-state index contributed by atoms with van der Waals surface area (Å²) in [6.07, 6.45) is 0. The van der Waals surface area contributed by atoms with E-state index >= 15 is 0 Å². The molecule has 0 aromatic heterocycles. The van der Waals surface area contributed by atoms with Gasteiger partial charge in [0, 0.05) is 12.6 Å². The minimum Gasteiger partial charge on any atom is -0.465 e. The Bertz CT molecular complexity index is 589. The predicted molar refractivity (Wildman–Crippen MR) is 74.0 cm³/mol. The number of rotatable bonds is 4. The van der Waals surface area contributed by atoms with Gasteiger partial charge in [-0.3, -0.25) is 9.59 Å². The van der Waals surface area contributed by atoms with Crippen LogP contribution in [0.4, 0.5) is 4.39 Å². The number of aliphatic hydroxyl groups excluding tert-OH is 1. The Balaban J connectivity index is 2.85. The first kappa shape index (κ1) is 16.7. The van der Waals surface area contributed by atoms with E-state index in [1.807, 2.05) is 0 Å². The molecule has 0 radical (unpaired) electrons. The van der Waals surface area contributed by atoms with Crippen LogP contribution in [0.3, 0.4) is 0 Å². The van der Waals surface area contributed by atoms with Gasteiger partial charge in [-0.1, -0.05) is 11.8 Å². The molecule has 0 unspecified atom stereocenters. The van der Waals surface area contributed by atoms with Crippen LogP contribution < -0.4 is 0 Å². The minimum absolute atomic E-state index is 0.156. The lowest BCUT2D eigenvalue weighted by molar-refractivity contribution is -0.143. The molecule has 0 saturated heterocycles. The predicted octanol–water partition coefficient (Wildman–Crippen LogP) is 0.805. The van der Waals surface area contributed by atoms with E-state index in [0.29, 0.717) is 5.56 Å². The van der Waals surface area contributed by atoms with Crippen molar-refractivity contribution in [2.24, 2.45) is 0 Å². The maximum absolute atomic E-state index is 13.9. The van der Waals surface area contributed by atoms with Gasteiger partial charge in [-0.2, -0.15) is 0 Å². The third kappa shape index (κ3) is 4.89. The minimum atomic E-state index is -0.736. The van der Waals surface area contributed by atoms with Crippen molar-refractivity contribution >= 4 is 11.9 Å². The van der Waals surface area contributed by atoms with Gasteiger partial charge in [0.25, 0.3) is 5.91 Å². The third-order valence-corrected chi connectivity index (χ3v) is 2.53. The molecule has 0 bridgehead atoms. The van der Waals surface area contributed by atoms with Crippen molar-refractivity contribution in [2.75, 3.05) is 26.8 Å². The van der Waals surface area contributed by atoms with Gasteiger partial charge in [-0.05, 0) is 25.1 Å². The second kappa shape index (κ2) is 8.02. The lowest BCUT2D eigenvalue weighted by Gasteiger charge is -2.16. The van der Waals surface area contributed by atoms with Gasteiger partial charge >= 0.3 is 5.97 Å². The molecule has 0 fully saturated rings. The number of amides is 1. The Hall–Kier alpha value is -2.39. The number of carbonyl (C=O) groups excluding carboxylic acids is 2. The number of ether oxygens (including phenoxy) is 1. The van der Waals surface area contributed by atoms with Crippen LogP contribution in [0.15, 0.2) is 18.2 Å². The highest BCUT2D eigenvalue weighted by molar-refractivity contribution is 5.96. The molecular formula is C15H16FNO4. The summed E-state index contributed by atoms with van der Waals surface area (Å²) in [7, 11) is 1.39. The average molecular weight is 293 g/mol. The summed E-state index contributed by atoms with van der Waals surface area (Å²) in [6, 6.07) is 3.87. The molecule has 112 valence electrons. The lowest BCUT2D eigenvalue weighted by atomic mass is 10.1. The number of esters is 1. The van der Waals surface area contributed by atoms with E-state index in [0.717, 1.165) is 11.0 Å². The van der Waals surface area contributed by atoms with Crippen LogP contribution in [-0.2, 0) is 9.53 Å². The molecule has 0 aliphatic carbocycles. The summed E-state index contributed by atoms with van der Waals surface area (Å²) in [5.74, 6) is 3.01. The molecule has 1 aromatic rings. The van der Waals surface area contributed by atoms with Gasteiger partial charge in [0.2, 0.25) is 0 Å². The van der Waals surface area contributed by atoms with Crippen molar-refractivity contribution in [3.63, 3.8) is 0 Å². The number of likely N-dealkylation sites (N-methyl/N-ethyl adjacent to an activating group) is 1. The molecule has 5 nitrogen and oxygen atoms in total. The standard InChI is InChI=1S/C15H16FNO4/c1-3-21-14(19)10-17(2)15(20)12-7-6-11(5-4-8-18)9-13(12)16/h6-7,9,18H,3,8,10H2,1-2H3. The van der Waals surface area contributed by atoms with Crippen LogP contribution in [0, 0.1) is 17.7 Å². The van der Waals surface area contributed by atoms with E-state index in [1.54, 1.807) is 6.92 Å². The first-order valence-electron chi connectivity index (χ1n) is 6.30. The number of hydrogen-bond donors (Lipinski definition) is 1. The monoisotopic (exact) mass is 293 g/mol. The molecule has 0 atom stereocenters.